The number of benzene rings is 2. The van der Waals surface area contributed by atoms with Gasteiger partial charge in [0.2, 0.25) is 0 Å². The standard InChI is InChI=1S/C25H29F2N3O4/c1-25(2,3)34-22(31)9-12-32-11-4-5-17-16-8-10-30-21(16)14-20(27)23(17)33-15-6-7-19(26)18(13-15)24(28)29/h6-8,10,13-14,30H,4-5,9,11-12H2,1-3H3,(H3,28,29). The lowest BCUT2D eigenvalue weighted by atomic mass is 10.0. The maximum Gasteiger partial charge on any atom is 0.308 e. The summed E-state index contributed by atoms with van der Waals surface area (Å²) < 4.78 is 45.5. The van der Waals surface area contributed by atoms with Gasteiger partial charge in [-0.2, -0.15) is 0 Å². The molecule has 4 N–H and O–H groups in total. The van der Waals surface area contributed by atoms with E-state index in [-0.39, 0.29) is 36.1 Å². The molecule has 0 unspecified atom stereocenters. The zero-order valence-corrected chi connectivity index (χ0v) is 19.5. The highest BCUT2D eigenvalue weighted by atomic mass is 19.1. The van der Waals surface area contributed by atoms with E-state index in [1.54, 1.807) is 27.0 Å². The van der Waals surface area contributed by atoms with Gasteiger partial charge in [-0.25, -0.2) is 8.78 Å². The molecule has 0 aliphatic carbocycles. The lowest BCUT2D eigenvalue weighted by Gasteiger charge is -2.19. The van der Waals surface area contributed by atoms with E-state index in [1.807, 2.05) is 6.07 Å². The number of H-pyrrole nitrogens is 1. The Morgan fingerprint density at radius 3 is 2.59 bits per heavy atom. The predicted octanol–water partition coefficient (Wildman–Crippen LogP) is 5.20. The molecule has 3 aromatic rings. The number of rotatable bonds is 10. The lowest BCUT2D eigenvalue weighted by Crippen LogP contribution is -2.24. The van der Waals surface area contributed by atoms with Gasteiger partial charge in [-0.15, -0.1) is 0 Å². The number of carbonyl (C=O) groups excluding carboxylic acids is 1. The number of hydrogen-bond acceptors (Lipinski definition) is 5. The number of carbonyl (C=O) groups is 1. The van der Waals surface area contributed by atoms with Gasteiger partial charge in [0.25, 0.3) is 0 Å². The Labute approximate surface area is 196 Å². The first-order valence-corrected chi connectivity index (χ1v) is 10.9. The number of fused-ring (bicyclic) bond motifs is 1. The van der Waals surface area contributed by atoms with Gasteiger partial charge in [0, 0.05) is 35.3 Å². The number of amidine groups is 1. The minimum Gasteiger partial charge on any atom is -0.460 e. The molecule has 0 amide bonds. The lowest BCUT2D eigenvalue weighted by molar-refractivity contribution is -0.156. The Morgan fingerprint density at radius 2 is 1.88 bits per heavy atom. The van der Waals surface area contributed by atoms with Crippen molar-refractivity contribution in [1.29, 1.82) is 5.41 Å². The number of halogens is 2. The number of esters is 1. The third kappa shape index (κ3) is 6.54. The Bertz CT molecular complexity index is 1180. The first-order chi connectivity index (χ1) is 16.0. The average molecular weight is 474 g/mol. The van der Waals surface area contributed by atoms with E-state index in [4.69, 9.17) is 25.4 Å². The number of aromatic amines is 1. The second-order valence-electron chi connectivity index (χ2n) is 8.81. The third-order valence-electron chi connectivity index (χ3n) is 4.90. The zero-order valence-electron chi connectivity index (χ0n) is 19.5. The van der Waals surface area contributed by atoms with Gasteiger partial charge in [0.05, 0.1) is 18.6 Å². The van der Waals surface area contributed by atoms with Crippen LogP contribution >= 0.6 is 0 Å². The molecule has 0 radical (unpaired) electrons. The maximum atomic E-state index is 15.0. The monoisotopic (exact) mass is 473 g/mol. The van der Waals surface area contributed by atoms with Crippen molar-refractivity contribution < 1.29 is 27.8 Å². The molecular weight excluding hydrogens is 444 g/mol. The molecule has 0 aliphatic heterocycles. The quantitative estimate of drug-likeness (QED) is 0.162. The molecule has 0 saturated heterocycles. The molecule has 0 aliphatic rings. The van der Waals surface area contributed by atoms with E-state index >= 15 is 0 Å². The largest absolute Gasteiger partial charge is 0.460 e. The highest BCUT2D eigenvalue weighted by Crippen LogP contribution is 2.35. The van der Waals surface area contributed by atoms with Crippen LogP contribution in [0.3, 0.4) is 0 Å². The number of aryl methyl sites for hydroxylation is 1. The van der Waals surface area contributed by atoms with Crippen molar-refractivity contribution in [1.82, 2.24) is 4.98 Å². The van der Waals surface area contributed by atoms with E-state index in [2.05, 4.69) is 4.98 Å². The second kappa shape index (κ2) is 10.6. The molecule has 2 aromatic carbocycles. The van der Waals surface area contributed by atoms with Gasteiger partial charge in [0.15, 0.2) is 11.6 Å². The molecule has 0 bridgehead atoms. The fraction of sp³-hybridized carbons (Fsp3) is 0.360. The normalized spacial score (nSPS) is 11.6. The van der Waals surface area contributed by atoms with Crippen molar-refractivity contribution in [3.63, 3.8) is 0 Å². The maximum absolute atomic E-state index is 15.0. The Morgan fingerprint density at radius 1 is 1.12 bits per heavy atom. The summed E-state index contributed by atoms with van der Waals surface area (Å²) in [5, 5.41) is 8.29. The van der Waals surface area contributed by atoms with Crippen LogP contribution in [0.2, 0.25) is 0 Å². The highest BCUT2D eigenvalue weighted by molar-refractivity contribution is 5.95. The van der Waals surface area contributed by atoms with E-state index in [1.165, 1.54) is 18.2 Å². The molecule has 0 atom stereocenters. The topological polar surface area (TPSA) is 110 Å². The van der Waals surface area contributed by atoms with Crippen molar-refractivity contribution in [2.24, 2.45) is 5.73 Å². The summed E-state index contributed by atoms with van der Waals surface area (Å²) in [6.07, 6.45) is 2.85. The Balaban J connectivity index is 1.69. The first kappa shape index (κ1) is 25.2. The van der Waals surface area contributed by atoms with Crippen LogP contribution in [0.1, 0.15) is 44.7 Å². The van der Waals surface area contributed by atoms with Crippen molar-refractivity contribution in [3.05, 3.63) is 59.3 Å². The van der Waals surface area contributed by atoms with Crippen LogP contribution in [0.5, 0.6) is 11.5 Å². The first-order valence-electron chi connectivity index (χ1n) is 10.9. The minimum absolute atomic E-state index is 0.0157. The van der Waals surface area contributed by atoms with Crippen LogP contribution in [0.25, 0.3) is 10.9 Å². The van der Waals surface area contributed by atoms with Crippen molar-refractivity contribution in [2.75, 3.05) is 13.2 Å². The highest BCUT2D eigenvalue weighted by Gasteiger charge is 2.18. The molecule has 0 spiro atoms. The van der Waals surface area contributed by atoms with Crippen LogP contribution in [0, 0.1) is 17.0 Å². The third-order valence-corrected chi connectivity index (χ3v) is 4.90. The molecule has 7 nitrogen and oxygen atoms in total. The summed E-state index contributed by atoms with van der Waals surface area (Å²) in [6.45, 7) is 6.00. The van der Waals surface area contributed by atoms with Crippen LogP contribution < -0.4 is 10.5 Å². The van der Waals surface area contributed by atoms with Gasteiger partial charge >= 0.3 is 5.97 Å². The van der Waals surface area contributed by atoms with Gasteiger partial charge < -0.3 is 24.9 Å². The van der Waals surface area contributed by atoms with E-state index < -0.39 is 23.1 Å². The summed E-state index contributed by atoms with van der Waals surface area (Å²) in [4.78, 5) is 14.8. The van der Waals surface area contributed by atoms with Gasteiger partial charge in [-0.05, 0) is 57.9 Å². The summed E-state index contributed by atoms with van der Waals surface area (Å²) in [5.41, 5.74) is 6.00. The number of nitrogen functional groups attached to an aromatic ring is 1. The molecule has 9 heteroatoms. The smallest absolute Gasteiger partial charge is 0.308 e. The summed E-state index contributed by atoms with van der Waals surface area (Å²) in [6, 6.07) is 6.90. The van der Waals surface area contributed by atoms with E-state index in [9.17, 15) is 13.6 Å². The number of aromatic nitrogens is 1. The fourth-order valence-electron chi connectivity index (χ4n) is 3.48. The minimum atomic E-state index is -0.662. The van der Waals surface area contributed by atoms with Crippen molar-refractivity contribution in [3.8, 4) is 11.5 Å². The molecule has 3 rings (SSSR count). The van der Waals surface area contributed by atoms with Gasteiger partial charge in [-0.3, -0.25) is 10.2 Å². The van der Waals surface area contributed by atoms with E-state index in [0.717, 1.165) is 11.5 Å². The molecule has 182 valence electrons. The molecule has 1 heterocycles. The van der Waals surface area contributed by atoms with E-state index in [0.29, 0.717) is 30.5 Å². The number of nitrogens with two attached hydrogens (primary N) is 1. The molecule has 0 saturated carbocycles. The molecule has 1 aromatic heterocycles. The SMILES string of the molecule is CC(C)(C)OC(=O)CCOCCCc1c(Oc2ccc(F)c(C(=N)N)c2)c(F)cc2[nH]ccc12. The van der Waals surface area contributed by atoms with Gasteiger partial charge in [0.1, 0.15) is 23.0 Å². The van der Waals surface area contributed by atoms with Crippen molar-refractivity contribution >= 4 is 22.7 Å². The number of hydrogen-bond donors (Lipinski definition) is 3. The summed E-state index contributed by atoms with van der Waals surface area (Å²) in [5.74, 6) is -1.84. The molecule has 0 fully saturated rings. The fourth-order valence-corrected chi connectivity index (χ4v) is 3.48. The van der Waals surface area contributed by atoms with Gasteiger partial charge in [-0.1, -0.05) is 0 Å². The summed E-state index contributed by atoms with van der Waals surface area (Å²) >= 11 is 0. The zero-order chi connectivity index (χ0) is 24.9. The van der Waals surface area contributed by atoms with Crippen molar-refractivity contribution in [2.45, 2.75) is 45.6 Å². The Kier molecular flexibility index (Phi) is 7.88. The average Bonchev–Trinajstić information content (AvgIpc) is 3.20. The van der Waals surface area contributed by atoms with Crippen LogP contribution in [-0.4, -0.2) is 35.6 Å². The van der Waals surface area contributed by atoms with Crippen LogP contribution in [-0.2, 0) is 20.7 Å². The summed E-state index contributed by atoms with van der Waals surface area (Å²) in [7, 11) is 0. The molecule has 34 heavy (non-hydrogen) atoms. The number of ether oxygens (including phenoxy) is 3. The molecular formula is C25H29F2N3O4. The van der Waals surface area contributed by atoms with Crippen LogP contribution in [0.15, 0.2) is 36.5 Å². The Hall–Kier alpha value is -3.46. The number of nitrogens with one attached hydrogen (secondary N) is 2. The predicted molar refractivity (Wildman–Crippen MR) is 125 cm³/mol. The van der Waals surface area contributed by atoms with Crippen LogP contribution in [0.4, 0.5) is 8.78 Å². The second-order valence-corrected chi connectivity index (χ2v) is 8.81.